The normalized spacial score (nSPS) is 15.0. The van der Waals surface area contributed by atoms with Gasteiger partial charge in [-0.1, -0.05) is 23.4 Å². The number of hydrogen-bond donors (Lipinski definition) is 0. The number of aromatic nitrogens is 1. The van der Waals surface area contributed by atoms with Crippen molar-refractivity contribution in [3.05, 3.63) is 47.9 Å². The van der Waals surface area contributed by atoms with Gasteiger partial charge in [0.05, 0.1) is 0 Å². The number of ether oxygens (including phenoxy) is 1. The molecule has 0 aliphatic carbocycles. The molecule has 24 heavy (non-hydrogen) atoms. The van der Waals surface area contributed by atoms with E-state index in [4.69, 9.17) is 9.26 Å². The maximum atomic E-state index is 12.4. The standard InChI is InChI=1S/C17H19N3O4/c1-13-12-15(18-24-13)16(21)19-8-5-9-20(11-10-19)17(22)23-14-6-3-2-4-7-14/h2-4,6-7,12H,5,8-11H2,1H3. The molecule has 7 nitrogen and oxygen atoms in total. The molecule has 0 unspecified atom stereocenters. The fourth-order valence-electron chi connectivity index (χ4n) is 2.59. The first-order valence-electron chi connectivity index (χ1n) is 7.88. The van der Waals surface area contributed by atoms with Gasteiger partial charge < -0.3 is 19.1 Å². The van der Waals surface area contributed by atoms with Crippen LogP contribution in [0.3, 0.4) is 0 Å². The van der Waals surface area contributed by atoms with E-state index >= 15 is 0 Å². The topological polar surface area (TPSA) is 75.9 Å². The molecule has 0 radical (unpaired) electrons. The van der Waals surface area contributed by atoms with Crippen LogP contribution in [0.1, 0.15) is 22.7 Å². The largest absolute Gasteiger partial charge is 0.415 e. The summed E-state index contributed by atoms with van der Waals surface area (Å²) in [5.74, 6) is 0.934. The predicted octanol–water partition coefficient (Wildman–Crippen LogP) is 2.33. The van der Waals surface area contributed by atoms with Crippen LogP contribution in [-0.2, 0) is 0 Å². The van der Waals surface area contributed by atoms with E-state index in [0.717, 1.165) is 0 Å². The van der Waals surface area contributed by atoms with Gasteiger partial charge in [-0.3, -0.25) is 4.79 Å². The number of hydrogen-bond acceptors (Lipinski definition) is 5. The average molecular weight is 329 g/mol. The fourth-order valence-corrected chi connectivity index (χ4v) is 2.59. The van der Waals surface area contributed by atoms with E-state index in [2.05, 4.69) is 5.16 Å². The Morgan fingerprint density at radius 1 is 1.08 bits per heavy atom. The molecule has 0 N–H and O–H groups in total. The SMILES string of the molecule is Cc1cc(C(=O)N2CCCN(C(=O)Oc3ccccc3)CC2)no1. The summed E-state index contributed by atoms with van der Waals surface area (Å²) in [6, 6.07) is 10.6. The Hall–Kier alpha value is -2.83. The second-order valence-corrected chi connectivity index (χ2v) is 5.64. The number of amides is 2. The van der Waals surface area contributed by atoms with Crippen molar-refractivity contribution in [2.24, 2.45) is 0 Å². The molecular weight excluding hydrogens is 310 g/mol. The molecule has 2 aromatic rings. The van der Waals surface area contributed by atoms with E-state index in [1.807, 2.05) is 18.2 Å². The quantitative estimate of drug-likeness (QED) is 0.845. The van der Waals surface area contributed by atoms with Gasteiger partial charge in [0.15, 0.2) is 5.69 Å². The third-order valence-electron chi connectivity index (χ3n) is 3.84. The highest BCUT2D eigenvalue weighted by Crippen LogP contribution is 2.13. The van der Waals surface area contributed by atoms with Crippen LogP contribution in [0.2, 0.25) is 0 Å². The lowest BCUT2D eigenvalue weighted by Gasteiger charge is -2.21. The number of carbonyl (C=O) groups is 2. The molecule has 1 aromatic heterocycles. The van der Waals surface area contributed by atoms with Crippen LogP contribution in [-0.4, -0.2) is 53.1 Å². The third-order valence-corrected chi connectivity index (χ3v) is 3.84. The molecule has 7 heteroatoms. The first kappa shape index (κ1) is 16.0. The zero-order valence-electron chi connectivity index (χ0n) is 13.5. The van der Waals surface area contributed by atoms with E-state index in [9.17, 15) is 9.59 Å². The summed E-state index contributed by atoms with van der Waals surface area (Å²) in [4.78, 5) is 28.0. The number of nitrogens with zero attached hydrogens (tertiary/aromatic N) is 3. The molecule has 2 amide bonds. The Kier molecular flexibility index (Phi) is 4.79. The van der Waals surface area contributed by atoms with Gasteiger partial charge in [0, 0.05) is 32.2 Å². The van der Waals surface area contributed by atoms with Crippen LogP contribution in [0.5, 0.6) is 5.75 Å². The number of rotatable bonds is 2. The van der Waals surface area contributed by atoms with Gasteiger partial charge in [0.1, 0.15) is 11.5 Å². The Balaban J connectivity index is 1.58. The van der Waals surface area contributed by atoms with Crippen LogP contribution < -0.4 is 4.74 Å². The fraction of sp³-hybridized carbons (Fsp3) is 0.353. The molecule has 1 aliphatic heterocycles. The lowest BCUT2D eigenvalue weighted by atomic mass is 10.3. The van der Waals surface area contributed by atoms with Crippen molar-refractivity contribution in [3.63, 3.8) is 0 Å². The summed E-state index contributed by atoms with van der Waals surface area (Å²) in [7, 11) is 0. The average Bonchev–Trinajstić information content (AvgIpc) is 2.87. The van der Waals surface area contributed by atoms with Gasteiger partial charge in [-0.15, -0.1) is 0 Å². The minimum atomic E-state index is -0.396. The smallest absolute Gasteiger partial charge is 0.410 e. The highest BCUT2D eigenvalue weighted by atomic mass is 16.6. The van der Waals surface area contributed by atoms with Crippen molar-refractivity contribution in [3.8, 4) is 5.75 Å². The van der Waals surface area contributed by atoms with Crippen molar-refractivity contribution in [1.29, 1.82) is 0 Å². The number of carbonyl (C=O) groups excluding carboxylic acids is 2. The molecule has 1 fully saturated rings. The lowest BCUT2D eigenvalue weighted by molar-refractivity contribution is 0.0749. The van der Waals surface area contributed by atoms with Gasteiger partial charge in [-0.25, -0.2) is 4.79 Å². The number of benzene rings is 1. The van der Waals surface area contributed by atoms with Crippen molar-refractivity contribution in [2.75, 3.05) is 26.2 Å². The number of para-hydroxylation sites is 1. The summed E-state index contributed by atoms with van der Waals surface area (Å²) in [6.07, 6.45) is 0.291. The molecule has 3 rings (SSSR count). The van der Waals surface area contributed by atoms with Crippen LogP contribution >= 0.6 is 0 Å². The molecule has 126 valence electrons. The van der Waals surface area contributed by atoms with Crippen LogP contribution in [0, 0.1) is 6.92 Å². The Morgan fingerprint density at radius 3 is 2.50 bits per heavy atom. The molecule has 0 bridgehead atoms. The molecule has 0 spiro atoms. The summed E-state index contributed by atoms with van der Waals surface area (Å²) in [6.45, 7) is 3.73. The van der Waals surface area contributed by atoms with E-state index in [-0.39, 0.29) is 5.91 Å². The Labute approximate surface area is 139 Å². The summed E-state index contributed by atoms with van der Waals surface area (Å²) in [5.41, 5.74) is 0.299. The first-order valence-corrected chi connectivity index (χ1v) is 7.88. The van der Waals surface area contributed by atoms with Gasteiger partial charge in [0.2, 0.25) is 0 Å². The maximum absolute atomic E-state index is 12.4. The molecular formula is C17H19N3O4. The van der Waals surface area contributed by atoms with Gasteiger partial charge in [0.25, 0.3) is 5.91 Å². The van der Waals surface area contributed by atoms with E-state index < -0.39 is 6.09 Å². The second-order valence-electron chi connectivity index (χ2n) is 5.64. The maximum Gasteiger partial charge on any atom is 0.415 e. The van der Waals surface area contributed by atoms with Crippen molar-refractivity contribution in [2.45, 2.75) is 13.3 Å². The Bertz CT molecular complexity index is 714. The first-order chi connectivity index (χ1) is 11.6. The molecule has 0 atom stereocenters. The van der Waals surface area contributed by atoms with E-state index in [0.29, 0.717) is 49.8 Å². The zero-order valence-corrected chi connectivity index (χ0v) is 13.5. The zero-order chi connectivity index (χ0) is 16.9. The van der Waals surface area contributed by atoms with Gasteiger partial charge in [-0.2, -0.15) is 0 Å². The Morgan fingerprint density at radius 2 is 1.79 bits per heavy atom. The molecule has 1 aromatic carbocycles. The van der Waals surface area contributed by atoms with Crippen LogP contribution in [0.4, 0.5) is 4.79 Å². The van der Waals surface area contributed by atoms with Gasteiger partial charge in [-0.05, 0) is 25.5 Å². The summed E-state index contributed by atoms with van der Waals surface area (Å²) < 4.78 is 10.3. The van der Waals surface area contributed by atoms with E-state index in [1.54, 1.807) is 34.9 Å². The van der Waals surface area contributed by atoms with Crippen molar-refractivity contribution < 1.29 is 18.8 Å². The monoisotopic (exact) mass is 329 g/mol. The summed E-state index contributed by atoms with van der Waals surface area (Å²) in [5, 5.41) is 3.76. The molecule has 0 saturated carbocycles. The van der Waals surface area contributed by atoms with Gasteiger partial charge >= 0.3 is 6.09 Å². The van der Waals surface area contributed by atoms with E-state index in [1.165, 1.54) is 0 Å². The van der Waals surface area contributed by atoms with Crippen molar-refractivity contribution >= 4 is 12.0 Å². The minimum absolute atomic E-state index is 0.176. The van der Waals surface area contributed by atoms with Crippen LogP contribution in [0.25, 0.3) is 0 Å². The molecule has 1 saturated heterocycles. The molecule has 1 aliphatic rings. The lowest BCUT2D eigenvalue weighted by Crippen LogP contribution is -2.38. The van der Waals surface area contributed by atoms with Crippen LogP contribution in [0.15, 0.2) is 40.9 Å². The highest BCUT2D eigenvalue weighted by Gasteiger charge is 2.25. The highest BCUT2D eigenvalue weighted by molar-refractivity contribution is 5.92. The molecule has 2 heterocycles. The minimum Gasteiger partial charge on any atom is -0.410 e. The predicted molar refractivity (Wildman–Crippen MR) is 85.8 cm³/mol. The second kappa shape index (κ2) is 7.16. The summed E-state index contributed by atoms with van der Waals surface area (Å²) >= 11 is 0. The number of aryl methyl sites for hydroxylation is 1. The third kappa shape index (κ3) is 3.73. The van der Waals surface area contributed by atoms with Crippen molar-refractivity contribution in [1.82, 2.24) is 15.0 Å².